The monoisotopic (exact) mass is 302 g/mol. The van der Waals surface area contributed by atoms with Gasteiger partial charge in [-0.25, -0.2) is 4.79 Å². The second kappa shape index (κ2) is 7.86. The highest BCUT2D eigenvalue weighted by Crippen LogP contribution is 2.31. The molecule has 0 spiro atoms. The Labute approximate surface area is 129 Å². The zero-order valence-corrected chi connectivity index (χ0v) is 12.7. The van der Waals surface area contributed by atoms with Gasteiger partial charge in [0.15, 0.2) is 6.10 Å². The summed E-state index contributed by atoms with van der Waals surface area (Å²) in [6, 6.07) is 17.9. The van der Waals surface area contributed by atoms with Crippen molar-refractivity contribution in [1.82, 2.24) is 0 Å². The van der Waals surface area contributed by atoms with Crippen LogP contribution in [0.25, 0.3) is 0 Å². The maximum absolute atomic E-state index is 11.2. The minimum atomic E-state index is -0.920. The fraction of sp³-hybridized carbons (Fsp3) is 0.235. The first kappa shape index (κ1) is 15.6. The van der Waals surface area contributed by atoms with Crippen molar-refractivity contribution in [2.24, 2.45) is 0 Å². The van der Waals surface area contributed by atoms with E-state index >= 15 is 0 Å². The van der Waals surface area contributed by atoms with Gasteiger partial charge in [-0.15, -0.1) is 0 Å². The highest BCUT2D eigenvalue weighted by Gasteiger charge is 2.19. The predicted octanol–water partition coefficient (Wildman–Crippen LogP) is 3.87. The van der Waals surface area contributed by atoms with Crippen LogP contribution in [0, 0.1) is 0 Å². The summed E-state index contributed by atoms with van der Waals surface area (Å²) < 4.78 is 5.30. The molecule has 0 aliphatic heterocycles. The van der Waals surface area contributed by atoms with Crippen LogP contribution in [0.1, 0.15) is 12.5 Å². The first-order chi connectivity index (χ1) is 10.2. The Bertz CT molecular complexity index is 584. The van der Waals surface area contributed by atoms with Crippen LogP contribution < -0.4 is 0 Å². The van der Waals surface area contributed by atoms with Gasteiger partial charge in [0, 0.05) is 22.8 Å². The average molecular weight is 302 g/mol. The van der Waals surface area contributed by atoms with E-state index in [1.807, 2.05) is 54.6 Å². The first-order valence-electron chi connectivity index (χ1n) is 6.86. The summed E-state index contributed by atoms with van der Waals surface area (Å²) in [5.41, 5.74) is 0.993. The molecular weight excluding hydrogens is 284 g/mol. The van der Waals surface area contributed by atoms with Crippen molar-refractivity contribution in [3.8, 4) is 0 Å². The zero-order valence-electron chi connectivity index (χ0n) is 11.9. The molecule has 21 heavy (non-hydrogen) atoms. The second-order valence-corrected chi connectivity index (χ2v) is 5.62. The Balaban J connectivity index is 2.18. The molecule has 2 aromatic rings. The van der Waals surface area contributed by atoms with Crippen molar-refractivity contribution >= 4 is 17.7 Å². The van der Waals surface area contributed by atoms with Crippen molar-refractivity contribution in [3.63, 3.8) is 0 Å². The van der Waals surface area contributed by atoms with Crippen LogP contribution >= 0.6 is 11.8 Å². The van der Waals surface area contributed by atoms with Gasteiger partial charge >= 0.3 is 5.97 Å². The van der Waals surface area contributed by atoms with Gasteiger partial charge in [0.1, 0.15) is 0 Å². The lowest BCUT2D eigenvalue weighted by atomic mass is 10.1. The van der Waals surface area contributed by atoms with Crippen molar-refractivity contribution in [1.29, 1.82) is 0 Å². The summed E-state index contributed by atoms with van der Waals surface area (Å²) >= 11 is 1.64. The molecule has 0 radical (unpaired) electrons. The second-order valence-electron chi connectivity index (χ2n) is 4.51. The molecule has 3 nitrogen and oxygen atoms in total. The maximum atomic E-state index is 11.2. The van der Waals surface area contributed by atoms with Gasteiger partial charge in [0.05, 0.1) is 0 Å². The number of benzene rings is 2. The van der Waals surface area contributed by atoms with Crippen LogP contribution in [0.15, 0.2) is 64.4 Å². The highest BCUT2D eigenvalue weighted by atomic mass is 32.2. The third-order valence-electron chi connectivity index (χ3n) is 2.99. The number of ether oxygens (including phenoxy) is 1. The summed E-state index contributed by atoms with van der Waals surface area (Å²) in [6.07, 6.45) is -0.424. The van der Waals surface area contributed by atoms with E-state index in [9.17, 15) is 9.90 Å². The molecular formula is C17H18O3S. The average Bonchev–Trinajstić information content (AvgIpc) is 2.49. The third kappa shape index (κ3) is 4.62. The van der Waals surface area contributed by atoms with Crippen LogP contribution in [0.4, 0.5) is 0 Å². The van der Waals surface area contributed by atoms with E-state index in [4.69, 9.17) is 4.74 Å². The SMILES string of the molecule is CCO[C@H](Cc1ccccc1Sc1ccccc1)C(=O)O. The predicted molar refractivity (Wildman–Crippen MR) is 83.8 cm³/mol. The Morgan fingerprint density at radius 3 is 2.48 bits per heavy atom. The lowest BCUT2D eigenvalue weighted by Crippen LogP contribution is -2.26. The van der Waals surface area contributed by atoms with E-state index in [-0.39, 0.29) is 0 Å². The lowest BCUT2D eigenvalue weighted by molar-refractivity contribution is -0.150. The minimum absolute atomic E-state index is 0.374. The van der Waals surface area contributed by atoms with Crippen molar-refractivity contribution in [2.75, 3.05) is 6.61 Å². The normalized spacial score (nSPS) is 12.0. The van der Waals surface area contributed by atoms with Crippen molar-refractivity contribution < 1.29 is 14.6 Å². The molecule has 2 rings (SSSR count). The molecule has 1 atom stereocenters. The third-order valence-corrected chi connectivity index (χ3v) is 4.12. The molecule has 4 heteroatoms. The molecule has 0 aliphatic carbocycles. The molecule has 2 aromatic carbocycles. The van der Waals surface area contributed by atoms with E-state index in [0.29, 0.717) is 13.0 Å². The van der Waals surface area contributed by atoms with E-state index in [2.05, 4.69) is 0 Å². The fourth-order valence-electron chi connectivity index (χ4n) is 2.01. The molecule has 0 unspecified atom stereocenters. The van der Waals surface area contributed by atoms with Gasteiger partial charge < -0.3 is 9.84 Å². The molecule has 0 saturated carbocycles. The quantitative estimate of drug-likeness (QED) is 0.843. The number of rotatable bonds is 7. The van der Waals surface area contributed by atoms with Crippen molar-refractivity contribution in [3.05, 3.63) is 60.2 Å². The van der Waals surface area contributed by atoms with Gasteiger partial charge in [-0.2, -0.15) is 0 Å². The number of hydrogen-bond donors (Lipinski definition) is 1. The Morgan fingerprint density at radius 2 is 1.81 bits per heavy atom. The van der Waals surface area contributed by atoms with Gasteiger partial charge in [-0.3, -0.25) is 0 Å². The summed E-state index contributed by atoms with van der Waals surface area (Å²) in [4.78, 5) is 13.4. The molecule has 0 saturated heterocycles. The summed E-state index contributed by atoms with van der Waals surface area (Å²) in [5, 5.41) is 9.21. The number of hydrogen-bond acceptors (Lipinski definition) is 3. The van der Waals surface area contributed by atoms with Gasteiger partial charge in [-0.1, -0.05) is 48.2 Å². The van der Waals surface area contributed by atoms with Crippen molar-refractivity contribution in [2.45, 2.75) is 29.2 Å². The van der Waals surface area contributed by atoms with E-state index in [0.717, 1.165) is 15.4 Å². The number of aliphatic carboxylic acids is 1. The smallest absolute Gasteiger partial charge is 0.333 e. The zero-order chi connectivity index (χ0) is 15.1. The molecule has 0 amide bonds. The van der Waals surface area contributed by atoms with Gasteiger partial charge in [0.2, 0.25) is 0 Å². The maximum Gasteiger partial charge on any atom is 0.333 e. The Hall–Kier alpha value is -1.78. The summed E-state index contributed by atoms with van der Waals surface area (Å²) in [7, 11) is 0. The van der Waals surface area contributed by atoms with Crippen LogP contribution in [0.5, 0.6) is 0 Å². The van der Waals surface area contributed by atoms with E-state index in [1.165, 1.54) is 0 Å². The number of carboxylic acids is 1. The minimum Gasteiger partial charge on any atom is -0.479 e. The van der Waals surface area contributed by atoms with Gasteiger partial charge in [0.25, 0.3) is 0 Å². The fourth-order valence-corrected chi connectivity index (χ4v) is 2.98. The topological polar surface area (TPSA) is 46.5 Å². The van der Waals surface area contributed by atoms with Crippen LogP contribution in [-0.4, -0.2) is 23.8 Å². The molecule has 0 aromatic heterocycles. The number of carbonyl (C=O) groups is 1. The number of carboxylic acid groups (broad SMARTS) is 1. The summed E-state index contributed by atoms with van der Waals surface area (Å²) in [6.45, 7) is 2.20. The first-order valence-corrected chi connectivity index (χ1v) is 7.67. The molecule has 1 N–H and O–H groups in total. The molecule has 0 fully saturated rings. The molecule has 0 bridgehead atoms. The van der Waals surface area contributed by atoms with Gasteiger partial charge in [-0.05, 0) is 30.7 Å². The highest BCUT2D eigenvalue weighted by molar-refractivity contribution is 7.99. The molecule has 0 heterocycles. The summed E-state index contributed by atoms with van der Waals surface area (Å²) in [5.74, 6) is -0.920. The molecule has 110 valence electrons. The standard InChI is InChI=1S/C17H18O3S/c1-2-20-15(17(18)19)12-13-8-6-7-11-16(13)21-14-9-4-3-5-10-14/h3-11,15H,2,12H2,1H3,(H,18,19)/t15-/m1/s1. The van der Waals surface area contributed by atoms with Crippen LogP contribution in [0.3, 0.4) is 0 Å². The molecule has 0 aliphatic rings. The lowest BCUT2D eigenvalue weighted by Gasteiger charge is -2.15. The van der Waals surface area contributed by atoms with Crippen LogP contribution in [0.2, 0.25) is 0 Å². The van der Waals surface area contributed by atoms with Crippen LogP contribution in [-0.2, 0) is 16.0 Å². The Morgan fingerprint density at radius 1 is 1.14 bits per heavy atom. The van der Waals surface area contributed by atoms with E-state index < -0.39 is 12.1 Å². The Kier molecular flexibility index (Phi) is 5.84. The van der Waals surface area contributed by atoms with E-state index in [1.54, 1.807) is 18.7 Å². The largest absolute Gasteiger partial charge is 0.479 e.